The van der Waals surface area contributed by atoms with Crippen LogP contribution < -0.4 is 5.32 Å². The molecule has 1 aromatic rings. The Bertz CT molecular complexity index is 593. The molecular weight excluding hydrogens is 295 g/mol. The van der Waals surface area contributed by atoms with Crippen LogP contribution in [0, 0.1) is 22.6 Å². The summed E-state index contributed by atoms with van der Waals surface area (Å²) in [7, 11) is 0. The molecule has 1 heterocycles. The summed E-state index contributed by atoms with van der Waals surface area (Å²) in [5.41, 5.74) is 1.20. The number of rotatable bonds is 5. The van der Waals surface area contributed by atoms with E-state index in [-0.39, 0.29) is 11.0 Å². The van der Waals surface area contributed by atoms with Crippen LogP contribution >= 0.6 is 0 Å². The summed E-state index contributed by atoms with van der Waals surface area (Å²) in [6.45, 7) is 4.99. The van der Waals surface area contributed by atoms with Crippen molar-refractivity contribution >= 4 is 0 Å². The Labute approximate surface area is 136 Å². The Kier molecular flexibility index (Phi) is 4.96. The minimum atomic E-state index is -0.461. The molecule has 5 heteroatoms. The second-order valence-electron chi connectivity index (χ2n) is 6.38. The van der Waals surface area contributed by atoms with Gasteiger partial charge in [0.15, 0.2) is 0 Å². The molecule has 3 rings (SSSR count). The summed E-state index contributed by atoms with van der Waals surface area (Å²) in [4.78, 5) is 0. The second-order valence-corrected chi connectivity index (χ2v) is 6.38. The molecule has 0 aromatic heterocycles. The third kappa shape index (κ3) is 3.12. The van der Waals surface area contributed by atoms with E-state index in [9.17, 15) is 4.39 Å². The predicted octanol–water partition coefficient (Wildman–Crippen LogP) is 2.76. The van der Waals surface area contributed by atoms with E-state index < -0.39 is 5.82 Å². The Morgan fingerprint density at radius 1 is 1.43 bits per heavy atom. The van der Waals surface area contributed by atoms with Crippen molar-refractivity contribution in [1.29, 1.82) is 5.26 Å². The standard InChI is InChI=1S/C18H23FN2O2/c1-2-23-17-10-16(18(17)5-7-22-8-6-18)21-12-13-3-4-15(19)14(9-13)11-20/h3-4,9,16-17,21H,2,5-8,10,12H2,1H3/t16-,17+/m0/s1. The van der Waals surface area contributed by atoms with Crippen molar-refractivity contribution in [3.8, 4) is 6.07 Å². The van der Waals surface area contributed by atoms with Gasteiger partial charge in [0.25, 0.3) is 0 Å². The Hall–Kier alpha value is -1.48. The average molecular weight is 318 g/mol. The molecule has 23 heavy (non-hydrogen) atoms. The molecule has 2 fully saturated rings. The number of nitrogens with zero attached hydrogens (tertiary/aromatic N) is 1. The molecule has 1 spiro atoms. The van der Waals surface area contributed by atoms with Gasteiger partial charge in [-0.05, 0) is 43.9 Å². The van der Waals surface area contributed by atoms with Crippen LogP contribution in [0.2, 0.25) is 0 Å². The molecule has 1 aliphatic carbocycles. The van der Waals surface area contributed by atoms with Gasteiger partial charge in [-0.3, -0.25) is 0 Å². The highest BCUT2D eigenvalue weighted by molar-refractivity contribution is 5.34. The summed E-state index contributed by atoms with van der Waals surface area (Å²) < 4.78 is 24.8. The minimum absolute atomic E-state index is 0.103. The lowest BCUT2D eigenvalue weighted by Gasteiger charge is -2.57. The zero-order chi connectivity index (χ0) is 16.3. The summed E-state index contributed by atoms with van der Waals surface area (Å²) in [5.74, 6) is -0.461. The highest BCUT2D eigenvalue weighted by atomic mass is 19.1. The lowest BCUT2D eigenvalue weighted by molar-refractivity contribution is -0.173. The smallest absolute Gasteiger partial charge is 0.140 e. The normalized spacial score (nSPS) is 25.8. The van der Waals surface area contributed by atoms with E-state index in [1.807, 2.05) is 13.0 Å². The van der Waals surface area contributed by atoms with Crippen LogP contribution in [0.5, 0.6) is 0 Å². The largest absolute Gasteiger partial charge is 0.381 e. The maximum absolute atomic E-state index is 13.4. The highest BCUT2D eigenvalue weighted by Crippen LogP contribution is 2.50. The van der Waals surface area contributed by atoms with Crippen LogP contribution in [0.4, 0.5) is 4.39 Å². The molecule has 2 atom stereocenters. The van der Waals surface area contributed by atoms with E-state index in [1.54, 1.807) is 12.1 Å². The fourth-order valence-electron chi connectivity index (χ4n) is 3.90. The van der Waals surface area contributed by atoms with E-state index in [0.717, 1.165) is 44.6 Å². The molecule has 1 saturated carbocycles. The van der Waals surface area contributed by atoms with Crippen LogP contribution in [0.1, 0.15) is 37.3 Å². The van der Waals surface area contributed by atoms with Gasteiger partial charge >= 0.3 is 0 Å². The SMILES string of the molecule is CCO[C@@H]1C[C@H](NCc2ccc(F)c(C#N)c2)C12CCOCC2. The molecular formula is C18H23FN2O2. The quantitative estimate of drug-likeness (QED) is 0.907. The molecule has 2 aliphatic rings. The molecule has 1 saturated heterocycles. The maximum Gasteiger partial charge on any atom is 0.140 e. The van der Waals surface area contributed by atoms with Gasteiger partial charge in [0.1, 0.15) is 11.9 Å². The van der Waals surface area contributed by atoms with Crippen molar-refractivity contribution in [3.05, 3.63) is 35.1 Å². The number of hydrogen-bond acceptors (Lipinski definition) is 4. The van der Waals surface area contributed by atoms with Gasteiger partial charge in [0.05, 0.1) is 11.7 Å². The van der Waals surface area contributed by atoms with Crippen LogP contribution in [0.15, 0.2) is 18.2 Å². The zero-order valence-electron chi connectivity index (χ0n) is 13.5. The number of ether oxygens (including phenoxy) is 2. The van der Waals surface area contributed by atoms with Crippen molar-refractivity contribution in [1.82, 2.24) is 5.32 Å². The van der Waals surface area contributed by atoms with Crippen molar-refractivity contribution in [2.24, 2.45) is 5.41 Å². The van der Waals surface area contributed by atoms with Crippen LogP contribution in [-0.2, 0) is 16.0 Å². The fourth-order valence-corrected chi connectivity index (χ4v) is 3.90. The monoisotopic (exact) mass is 318 g/mol. The van der Waals surface area contributed by atoms with E-state index in [4.69, 9.17) is 14.7 Å². The predicted molar refractivity (Wildman–Crippen MR) is 84.3 cm³/mol. The van der Waals surface area contributed by atoms with Crippen molar-refractivity contribution in [2.45, 2.75) is 44.9 Å². The van der Waals surface area contributed by atoms with Crippen molar-refractivity contribution < 1.29 is 13.9 Å². The highest BCUT2D eigenvalue weighted by Gasteiger charge is 2.55. The molecule has 1 aliphatic heterocycles. The molecule has 1 N–H and O–H groups in total. The Morgan fingerprint density at radius 2 is 2.22 bits per heavy atom. The van der Waals surface area contributed by atoms with Gasteiger partial charge in [-0.25, -0.2) is 4.39 Å². The van der Waals surface area contributed by atoms with E-state index >= 15 is 0 Å². The summed E-state index contributed by atoms with van der Waals surface area (Å²) in [6, 6.07) is 7.00. The average Bonchev–Trinajstić information content (AvgIpc) is 2.59. The summed E-state index contributed by atoms with van der Waals surface area (Å²) in [5, 5.41) is 12.5. The first-order valence-electron chi connectivity index (χ1n) is 8.31. The molecule has 0 radical (unpaired) electrons. The number of benzene rings is 1. The van der Waals surface area contributed by atoms with Gasteiger partial charge in [0, 0.05) is 37.8 Å². The lowest BCUT2D eigenvalue weighted by Crippen LogP contribution is -2.65. The van der Waals surface area contributed by atoms with Crippen LogP contribution in [-0.4, -0.2) is 32.0 Å². The maximum atomic E-state index is 13.4. The molecule has 0 amide bonds. The Morgan fingerprint density at radius 3 is 2.91 bits per heavy atom. The minimum Gasteiger partial charge on any atom is -0.381 e. The van der Waals surface area contributed by atoms with Gasteiger partial charge < -0.3 is 14.8 Å². The second kappa shape index (κ2) is 6.96. The van der Waals surface area contributed by atoms with Gasteiger partial charge in [-0.2, -0.15) is 5.26 Å². The van der Waals surface area contributed by atoms with Crippen molar-refractivity contribution in [3.63, 3.8) is 0 Å². The topological polar surface area (TPSA) is 54.3 Å². The molecule has 4 nitrogen and oxygen atoms in total. The first kappa shape index (κ1) is 16.4. The molecule has 1 aromatic carbocycles. The van der Waals surface area contributed by atoms with Crippen molar-refractivity contribution in [2.75, 3.05) is 19.8 Å². The van der Waals surface area contributed by atoms with Gasteiger partial charge in [-0.1, -0.05) is 6.07 Å². The number of halogens is 1. The summed E-state index contributed by atoms with van der Waals surface area (Å²) in [6.07, 6.45) is 3.33. The zero-order valence-corrected chi connectivity index (χ0v) is 13.5. The Balaban J connectivity index is 1.65. The number of hydrogen-bond donors (Lipinski definition) is 1. The third-order valence-corrected chi connectivity index (χ3v) is 5.28. The van der Waals surface area contributed by atoms with Crippen LogP contribution in [0.3, 0.4) is 0 Å². The summed E-state index contributed by atoms with van der Waals surface area (Å²) >= 11 is 0. The van der Waals surface area contributed by atoms with Crippen LogP contribution in [0.25, 0.3) is 0 Å². The molecule has 0 bridgehead atoms. The lowest BCUT2D eigenvalue weighted by atomic mass is 9.57. The van der Waals surface area contributed by atoms with E-state index in [1.165, 1.54) is 6.07 Å². The number of nitrogens with one attached hydrogen (secondary N) is 1. The third-order valence-electron chi connectivity index (χ3n) is 5.28. The fraction of sp³-hybridized carbons (Fsp3) is 0.611. The van der Waals surface area contributed by atoms with E-state index in [0.29, 0.717) is 18.7 Å². The number of nitriles is 1. The van der Waals surface area contributed by atoms with Gasteiger partial charge in [-0.15, -0.1) is 0 Å². The van der Waals surface area contributed by atoms with E-state index in [2.05, 4.69) is 5.32 Å². The molecule has 124 valence electrons. The first-order valence-corrected chi connectivity index (χ1v) is 8.31. The first-order chi connectivity index (χ1) is 11.2. The molecule has 0 unspecified atom stereocenters. The van der Waals surface area contributed by atoms with Gasteiger partial charge in [0.2, 0.25) is 0 Å².